The fraction of sp³-hybridized carbons (Fsp3) is 0.368. The molecule has 1 aliphatic rings. The van der Waals surface area contributed by atoms with Gasteiger partial charge in [0.25, 0.3) is 5.91 Å². The molecule has 25 heavy (non-hydrogen) atoms. The highest BCUT2D eigenvalue weighted by molar-refractivity contribution is 6.00. The van der Waals surface area contributed by atoms with E-state index in [1.807, 2.05) is 18.3 Å². The Morgan fingerprint density at radius 3 is 3.20 bits per heavy atom. The van der Waals surface area contributed by atoms with Crippen molar-refractivity contribution in [2.75, 3.05) is 20.1 Å². The van der Waals surface area contributed by atoms with Crippen molar-refractivity contribution >= 4 is 16.9 Å². The van der Waals surface area contributed by atoms with Gasteiger partial charge >= 0.3 is 0 Å². The number of furan rings is 1. The second-order valence-electron chi connectivity index (χ2n) is 6.66. The van der Waals surface area contributed by atoms with Crippen molar-refractivity contribution in [3.63, 3.8) is 0 Å². The summed E-state index contributed by atoms with van der Waals surface area (Å²) in [6.45, 7) is 1.84. The SMILES string of the molecule is CN1CCC[C@H]1CCNC(=O)c1cnc2[nH]cc(-c3ccoc3)c2c1. The largest absolute Gasteiger partial charge is 0.472 e. The molecular weight excluding hydrogens is 316 g/mol. The van der Waals surface area contributed by atoms with E-state index >= 15 is 0 Å². The quantitative estimate of drug-likeness (QED) is 0.750. The third-order valence-corrected chi connectivity index (χ3v) is 5.06. The van der Waals surface area contributed by atoms with Crippen molar-refractivity contribution < 1.29 is 9.21 Å². The molecule has 0 unspecified atom stereocenters. The van der Waals surface area contributed by atoms with Gasteiger partial charge in [0.1, 0.15) is 5.65 Å². The van der Waals surface area contributed by atoms with Crippen molar-refractivity contribution in [1.82, 2.24) is 20.2 Å². The van der Waals surface area contributed by atoms with Gasteiger partial charge in [-0.1, -0.05) is 0 Å². The first-order chi connectivity index (χ1) is 12.2. The van der Waals surface area contributed by atoms with Gasteiger partial charge in [0.15, 0.2) is 0 Å². The molecule has 1 amide bonds. The van der Waals surface area contributed by atoms with Gasteiger partial charge in [0.05, 0.1) is 18.1 Å². The summed E-state index contributed by atoms with van der Waals surface area (Å²) in [6.07, 6.45) is 10.3. The number of nitrogens with zero attached hydrogens (tertiary/aromatic N) is 2. The topological polar surface area (TPSA) is 74.2 Å². The van der Waals surface area contributed by atoms with Crippen LogP contribution in [0.5, 0.6) is 0 Å². The van der Waals surface area contributed by atoms with Crippen LogP contribution in [0.25, 0.3) is 22.2 Å². The first-order valence-electron chi connectivity index (χ1n) is 8.70. The van der Waals surface area contributed by atoms with Crippen LogP contribution < -0.4 is 5.32 Å². The molecule has 0 radical (unpaired) electrons. The highest BCUT2D eigenvalue weighted by Gasteiger charge is 2.20. The van der Waals surface area contributed by atoms with Gasteiger partial charge in [-0.05, 0) is 45.0 Å². The molecule has 6 nitrogen and oxygen atoms in total. The van der Waals surface area contributed by atoms with E-state index in [1.165, 1.54) is 12.8 Å². The first-order valence-corrected chi connectivity index (χ1v) is 8.70. The lowest BCUT2D eigenvalue weighted by Crippen LogP contribution is -2.31. The van der Waals surface area contributed by atoms with Crippen molar-refractivity contribution in [3.05, 3.63) is 42.6 Å². The Labute approximate surface area is 146 Å². The summed E-state index contributed by atoms with van der Waals surface area (Å²) in [5.74, 6) is -0.0746. The van der Waals surface area contributed by atoms with Crippen molar-refractivity contribution in [1.29, 1.82) is 0 Å². The number of rotatable bonds is 5. The maximum Gasteiger partial charge on any atom is 0.252 e. The molecule has 0 aliphatic carbocycles. The lowest BCUT2D eigenvalue weighted by Gasteiger charge is -2.19. The number of nitrogens with one attached hydrogen (secondary N) is 2. The van der Waals surface area contributed by atoms with Gasteiger partial charge in [-0.2, -0.15) is 0 Å². The fourth-order valence-corrected chi connectivity index (χ4v) is 3.58. The molecule has 3 aromatic heterocycles. The second-order valence-corrected chi connectivity index (χ2v) is 6.66. The van der Waals surface area contributed by atoms with E-state index in [2.05, 4.69) is 27.2 Å². The van der Waals surface area contributed by atoms with Crippen molar-refractivity contribution in [2.24, 2.45) is 0 Å². The average Bonchev–Trinajstić information content (AvgIpc) is 3.34. The molecule has 4 heterocycles. The van der Waals surface area contributed by atoms with E-state index < -0.39 is 0 Å². The van der Waals surface area contributed by atoms with Gasteiger partial charge < -0.3 is 19.6 Å². The van der Waals surface area contributed by atoms with Crippen LogP contribution in [-0.4, -0.2) is 47.0 Å². The maximum atomic E-state index is 12.5. The maximum absolute atomic E-state index is 12.5. The second kappa shape index (κ2) is 6.72. The summed E-state index contributed by atoms with van der Waals surface area (Å²) in [5, 5.41) is 3.94. The lowest BCUT2D eigenvalue weighted by molar-refractivity contribution is 0.0950. The zero-order valence-electron chi connectivity index (χ0n) is 14.3. The zero-order valence-corrected chi connectivity index (χ0v) is 14.3. The average molecular weight is 338 g/mol. The molecule has 0 aromatic carbocycles. The number of H-pyrrole nitrogens is 1. The molecule has 6 heteroatoms. The molecular formula is C19H22N4O2. The number of carbonyl (C=O) groups is 1. The number of carbonyl (C=O) groups excluding carboxylic acids is 1. The summed E-state index contributed by atoms with van der Waals surface area (Å²) in [7, 11) is 2.15. The summed E-state index contributed by atoms with van der Waals surface area (Å²) in [6, 6.07) is 4.37. The fourth-order valence-electron chi connectivity index (χ4n) is 3.58. The summed E-state index contributed by atoms with van der Waals surface area (Å²) in [5.41, 5.74) is 3.30. The van der Waals surface area contributed by atoms with E-state index in [4.69, 9.17) is 4.42 Å². The molecule has 0 bridgehead atoms. The number of fused-ring (bicyclic) bond motifs is 1. The highest BCUT2D eigenvalue weighted by atomic mass is 16.3. The van der Waals surface area contributed by atoms with Gasteiger partial charge in [-0.3, -0.25) is 4.79 Å². The molecule has 1 fully saturated rings. The van der Waals surface area contributed by atoms with E-state index in [0.29, 0.717) is 18.2 Å². The van der Waals surface area contributed by atoms with Crippen LogP contribution in [0.15, 0.2) is 41.5 Å². The summed E-state index contributed by atoms with van der Waals surface area (Å²) < 4.78 is 5.16. The van der Waals surface area contributed by atoms with Gasteiger partial charge in [-0.25, -0.2) is 4.98 Å². The van der Waals surface area contributed by atoms with Gasteiger partial charge in [0.2, 0.25) is 0 Å². The van der Waals surface area contributed by atoms with Crippen LogP contribution >= 0.6 is 0 Å². The molecule has 2 N–H and O–H groups in total. The van der Waals surface area contributed by atoms with E-state index in [1.54, 1.807) is 18.7 Å². The number of hydrogen-bond donors (Lipinski definition) is 2. The number of aromatic amines is 1. The Balaban J connectivity index is 1.47. The van der Waals surface area contributed by atoms with Crippen LogP contribution in [0.2, 0.25) is 0 Å². The Bertz CT molecular complexity index is 869. The number of aromatic nitrogens is 2. The Morgan fingerprint density at radius 2 is 2.44 bits per heavy atom. The van der Waals surface area contributed by atoms with Crippen molar-refractivity contribution in [3.8, 4) is 11.1 Å². The molecule has 1 aliphatic heterocycles. The van der Waals surface area contributed by atoms with Crippen LogP contribution in [0.3, 0.4) is 0 Å². The molecule has 0 spiro atoms. The predicted octanol–water partition coefficient (Wildman–Crippen LogP) is 3.04. The van der Waals surface area contributed by atoms with E-state index in [9.17, 15) is 4.79 Å². The molecule has 1 atom stereocenters. The van der Waals surface area contributed by atoms with Crippen molar-refractivity contribution in [2.45, 2.75) is 25.3 Å². The third kappa shape index (κ3) is 3.17. The van der Waals surface area contributed by atoms with E-state index in [0.717, 1.165) is 35.1 Å². The minimum Gasteiger partial charge on any atom is -0.472 e. The monoisotopic (exact) mass is 338 g/mol. The normalized spacial score (nSPS) is 18.0. The number of likely N-dealkylation sites (tertiary alicyclic amines) is 1. The minimum atomic E-state index is -0.0746. The predicted molar refractivity (Wildman–Crippen MR) is 96.4 cm³/mol. The molecule has 130 valence electrons. The third-order valence-electron chi connectivity index (χ3n) is 5.06. The minimum absolute atomic E-state index is 0.0746. The first kappa shape index (κ1) is 15.9. The highest BCUT2D eigenvalue weighted by Crippen LogP contribution is 2.28. The zero-order chi connectivity index (χ0) is 17.2. The van der Waals surface area contributed by atoms with Crippen LogP contribution in [0.4, 0.5) is 0 Å². The molecule has 0 saturated carbocycles. The molecule has 4 rings (SSSR count). The van der Waals surface area contributed by atoms with Gasteiger partial charge in [-0.15, -0.1) is 0 Å². The van der Waals surface area contributed by atoms with E-state index in [-0.39, 0.29) is 5.91 Å². The Hall–Kier alpha value is -2.60. The van der Waals surface area contributed by atoms with Crippen LogP contribution in [0, 0.1) is 0 Å². The Kier molecular flexibility index (Phi) is 4.28. The van der Waals surface area contributed by atoms with Gasteiger partial charge in [0, 0.05) is 41.5 Å². The number of hydrogen-bond acceptors (Lipinski definition) is 4. The molecule has 1 saturated heterocycles. The summed E-state index contributed by atoms with van der Waals surface area (Å²) >= 11 is 0. The number of amides is 1. The molecule has 3 aromatic rings. The Morgan fingerprint density at radius 1 is 1.52 bits per heavy atom. The van der Waals surface area contributed by atoms with Crippen LogP contribution in [0.1, 0.15) is 29.6 Å². The van der Waals surface area contributed by atoms with Crippen LogP contribution in [-0.2, 0) is 0 Å². The summed E-state index contributed by atoms with van der Waals surface area (Å²) in [4.78, 5) is 22.4. The smallest absolute Gasteiger partial charge is 0.252 e. The lowest BCUT2D eigenvalue weighted by atomic mass is 10.1. The number of pyridine rings is 1. The standard InChI is InChI=1S/C19H22N4O2/c1-23-7-2-3-15(23)4-6-20-19(24)14-9-16-17(13-5-8-25-12-13)11-22-18(16)21-10-14/h5,8-12,15H,2-4,6-7H2,1H3,(H,20,24)(H,21,22)/t15-/m0/s1.